The summed E-state index contributed by atoms with van der Waals surface area (Å²) in [4.78, 5) is 16.1. The molecule has 7 nitrogen and oxygen atoms in total. The van der Waals surface area contributed by atoms with Crippen LogP contribution in [0.15, 0.2) is 6.07 Å². The first kappa shape index (κ1) is 18.6. The van der Waals surface area contributed by atoms with Gasteiger partial charge in [0.2, 0.25) is 12.5 Å². The van der Waals surface area contributed by atoms with Crippen LogP contribution >= 0.6 is 11.3 Å². The number of aryl methyl sites for hydroxylation is 1. The summed E-state index contributed by atoms with van der Waals surface area (Å²) in [6, 6.07) is 2.05. The predicted octanol–water partition coefficient (Wildman–Crippen LogP) is 3.36. The number of nitrogens with zero attached hydrogens (tertiary/aromatic N) is 1. The molecule has 29 heavy (non-hydrogen) atoms. The summed E-state index contributed by atoms with van der Waals surface area (Å²) in [6.45, 7) is 1.08. The first-order valence-electron chi connectivity index (χ1n) is 9.81. The SMILES string of the molecule is COC(=O)c1c(NC2c3c(cc4c(c3OC)OCO4)CCN2C)sc2c1CCC2. The molecule has 2 aromatic rings. The number of likely N-dealkylation sites (N-methyl/N-ethyl adjacent to an activating group) is 1. The van der Waals surface area contributed by atoms with E-state index >= 15 is 0 Å². The number of hydrogen-bond acceptors (Lipinski definition) is 8. The molecule has 3 aliphatic rings. The van der Waals surface area contributed by atoms with Crippen molar-refractivity contribution in [2.24, 2.45) is 0 Å². The number of ether oxygens (including phenoxy) is 4. The van der Waals surface area contributed by atoms with Gasteiger partial charge in [-0.1, -0.05) is 0 Å². The highest BCUT2D eigenvalue weighted by Gasteiger charge is 2.36. The Labute approximate surface area is 173 Å². The van der Waals surface area contributed by atoms with Crippen LogP contribution in [0.4, 0.5) is 5.00 Å². The van der Waals surface area contributed by atoms with Crippen LogP contribution in [-0.2, 0) is 24.0 Å². The molecule has 0 fully saturated rings. The summed E-state index contributed by atoms with van der Waals surface area (Å²) in [5.74, 6) is 1.80. The zero-order valence-corrected chi connectivity index (χ0v) is 17.6. The number of methoxy groups -OCH3 is 2. The van der Waals surface area contributed by atoms with Crippen molar-refractivity contribution in [1.29, 1.82) is 0 Å². The van der Waals surface area contributed by atoms with Gasteiger partial charge < -0.3 is 24.3 Å². The van der Waals surface area contributed by atoms with E-state index in [4.69, 9.17) is 18.9 Å². The van der Waals surface area contributed by atoms with Gasteiger partial charge in [-0.25, -0.2) is 4.79 Å². The molecule has 1 aromatic carbocycles. The highest BCUT2D eigenvalue weighted by Crippen LogP contribution is 2.50. The Morgan fingerprint density at radius 1 is 1.28 bits per heavy atom. The van der Waals surface area contributed by atoms with Gasteiger partial charge in [0.25, 0.3) is 0 Å². The minimum absolute atomic E-state index is 0.148. The molecule has 0 spiro atoms. The monoisotopic (exact) mass is 416 g/mol. The number of rotatable bonds is 4. The Hall–Kier alpha value is -2.45. The van der Waals surface area contributed by atoms with Gasteiger partial charge in [-0.05, 0) is 49.9 Å². The summed E-state index contributed by atoms with van der Waals surface area (Å²) in [7, 11) is 5.17. The molecule has 0 bridgehead atoms. The van der Waals surface area contributed by atoms with Crippen molar-refractivity contribution in [3.05, 3.63) is 33.2 Å². The zero-order chi connectivity index (χ0) is 20.1. The molecule has 5 rings (SSSR count). The van der Waals surface area contributed by atoms with Crippen LogP contribution in [0, 0.1) is 0 Å². The third-order valence-electron chi connectivity index (χ3n) is 5.97. The summed E-state index contributed by atoms with van der Waals surface area (Å²) in [5.41, 5.74) is 4.03. The van der Waals surface area contributed by atoms with Crippen LogP contribution in [0.5, 0.6) is 17.2 Å². The van der Waals surface area contributed by atoms with Crippen molar-refractivity contribution in [2.75, 3.05) is 39.9 Å². The second kappa shape index (κ2) is 7.11. The molecule has 1 unspecified atom stereocenters. The van der Waals surface area contributed by atoms with Crippen molar-refractivity contribution in [3.63, 3.8) is 0 Å². The molecular weight excluding hydrogens is 392 g/mol. The topological polar surface area (TPSA) is 69.3 Å². The first-order chi connectivity index (χ1) is 14.1. The van der Waals surface area contributed by atoms with Crippen LogP contribution < -0.4 is 19.5 Å². The highest BCUT2D eigenvalue weighted by molar-refractivity contribution is 7.16. The highest BCUT2D eigenvalue weighted by atomic mass is 32.1. The van der Waals surface area contributed by atoms with E-state index < -0.39 is 0 Å². The van der Waals surface area contributed by atoms with Gasteiger partial charge in [0.05, 0.1) is 19.8 Å². The average molecular weight is 416 g/mol. The molecule has 0 saturated carbocycles. The van der Waals surface area contributed by atoms with Crippen LogP contribution in [0.2, 0.25) is 0 Å². The summed E-state index contributed by atoms with van der Waals surface area (Å²) >= 11 is 1.67. The molecule has 1 aromatic heterocycles. The normalized spacial score (nSPS) is 19.6. The number of esters is 1. The third kappa shape index (κ3) is 2.85. The Morgan fingerprint density at radius 3 is 2.93 bits per heavy atom. The van der Waals surface area contributed by atoms with Gasteiger partial charge >= 0.3 is 5.97 Å². The third-order valence-corrected chi connectivity index (χ3v) is 7.20. The standard InChI is InChI=1S/C21H24N2O5S/c1-23-8-7-11-9-13-17(28-10-27-13)18(25-2)15(11)19(23)22-20-16(21(24)26-3)12-5-4-6-14(12)29-20/h9,19,22H,4-8,10H2,1-3H3. The molecule has 8 heteroatoms. The molecule has 0 radical (unpaired) electrons. The molecule has 3 heterocycles. The Bertz CT molecular complexity index is 986. The Kier molecular flexibility index (Phi) is 4.55. The zero-order valence-electron chi connectivity index (χ0n) is 16.8. The fourth-order valence-corrected chi connectivity index (χ4v) is 5.86. The van der Waals surface area contributed by atoms with Crippen molar-refractivity contribution in [1.82, 2.24) is 4.90 Å². The predicted molar refractivity (Wildman–Crippen MR) is 109 cm³/mol. The van der Waals surface area contributed by atoms with Crippen LogP contribution in [-0.4, -0.2) is 45.5 Å². The fraction of sp³-hybridized carbons (Fsp3) is 0.476. The number of carbonyl (C=O) groups is 1. The quantitative estimate of drug-likeness (QED) is 0.767. The number of carbonyl (C=O) groups excluding carboxylic acids is 1. The molecule has 2 aliphatic heterocycles. The van der Waals surface area contributed by atoms with Gasteiger partial charge in [-0.3, -0.25) is 4.90 Å². The van der Waals surface area contributed by atoms with E-state index in [1.54, 1.807) is 18.4 Å². The number of hydrogen-bond donors (Lipinski definition) is 1. The molecule has 1 N–H and O–H groups in total. The van der Waals surface area contributed by atoms with Gasteiger partial charge in [0.15, 0.2) is 11.5 Å². The van der Waals surface area contributed by atoms with E-state index in [0.717, 1.165) is 54.1 Å². The van der Waals surface area contributed by atoms with Crippen molar-refractivity contribution in [2.45, 2.75) is 31.8 Å². The number of fused-ring (bicyclic) bond motifs is 3. The number of anilines is 1. The maximum Gasteiger partial charge on any atom is 0.341 e. The molecule has 1 aliphatic carbocycles. The Balaban J connectivity index is 1.60. The molecular formula is C21H24N2O5S. The van der Waals surface area contributed by atoms with Gasteiger partial charge in [0, 0.05) is 17.0 Å². The van der Waals surface area contributed by atoms with E-state index in [-0.39, 0.29) is 18.9 Å². The van der Waals surface area contributed by atoms with E-state index in [1.807, 2.05) is 0 Å². The van der Waals surface area contributed by atoms with Gasteiger partial charge in [-0.2, -0.15) is 0 Å². The number of thiophene rings is 1. The number of nitrogens with one attached hydrogen (secondary N) is 1. The van der Waals surface area contributed by atoms with E-state index in [9.17, 15) is 4.79 Å². The van der Waals surface area contributed by atoms with Gasteiger partial charge in [0.1, 0.15) is 11.2 Å². The van der Waals surface area contributed by atoms with Crippen molar-refractivity contribution in [3.8, 4) is 17.2 Å². The summed E-state index contributed by atoms with van der Waals surface area (Å²) < 4.78 is 22.2. The number of benzene rings is 1. The molecule has 154 valence electrons. The van der Waals surface area contributed by atoms with Crippen molar-refractivity contribution >= 4 is 22.3 Å². The van der Waals surface area contributed by atoms with E-state index in [1.165, 1.54) is 17.6 Å². The van der Waals surface area contributed by atoms with Crippen molar-refractivity contribution < 1.29 is 23.7 Å². The van der Waals surface area contributed by atoms with Crippen LogP contribution in [0.25, 0.3) is 0 Å². The summed E-state index contributed by atoms with van der Waals surface area (Å²) in [5, 5.41) is 4.50. The first-order valence-corrected chi connectivity index (χ1v) is 10.6. The lowest BCUT2D eigenvalue weighted by Crippen LogP contribution is -2.37. The second-order valence-electron chi connectivity index (χ2n) is 7.55. The molecule has 0 amide bonds. The van der Waals surface area contributed by atoms with Crippen LogP contribution in [0.3, 0.4) is 0 Å². The summed E-state index contributed by atoms with van der Waals surface area (Å²) in [6.07, 6.45) is 3.78. The molecule has 1 atom stereocenters. The smallest absolute Gasteiger partial charge is 0.341 e. The minimum Gasteiger partial charge on any atom is -0.492 e. The largest absolute Gasteiger partial charge is 0.492 e. The Morgan fingerprint density at radius 2 is 2.14 bits per heavy atom. The minimum atomic E-state index is -0.275. The fourth-order valence-electron chi connectivity index (χ4n) is 4.56. The van der Waals surface area contributed by atoms with E-state index in [0.29, 0.717) is 17.1 Å². The molecule has 0 saturated heterocycles. The maximum atomic E-state index is 12.6. The van der Waals surface area contributed by atoms with Crippen LogP contribution in [0.1, 0.15) is 44.5 Å². The second-order valence-corrected chi connectivity index (χ2v) is 8.65. The van der Waals surface area contributed by atoms with E-state index in [2.05, 4.69) is 23.3 Å². The lowest BCUT2D eigenvalue weighted by Gasteiger charge is -2.36. The maximum absolute atomic E-state index is 12.6. The van der Waals surface area contributed by atoms with Gasteiger partial charge in [-0.15, -0.1) is 11.3 Å². The lowest BCUT2D eigenvalue weighted by molar-refractivity contribution is 0.0601. The average Bonchev–Trinajstić information content (AvgIpc) is 3.43. The lowest BCUT2D eigenvalue weighted by atomic mass is 9.95.